The van der Waals surface area contributed by atoms with Crippen molar-refractivity contribution in [2.45, 2.75) is 88.7 Å². The van der Waals surface area contributed by atoms with Crippen molar-refractivity contribution in [3.63, 3.8) is 0 Å². The van der Waals surface area contributed by atoms with Crippen molar-refractivity contribution in [3.8, 4) is 11.5 Å². The van der Waals surface area contributed by atoms with Gasteiger partial charge in [0.1, 0.15) is 22.6 Å². The summed E-state index contributed by atoms with van der Waals surface area (Å²) < 4.78 is 23.4. The molecule has 8 nitrogen and oxygen atoms in total. The summed E-state index contributed by atoms with van der Waals surface area (Å²) in [7, 11) is 8.48. The zero-order valence-corrected chi connectivity index (χ0v) is 33.3. The molecule has 51 heavy (non-hydrogen) atoms. The van der Waals surface area contributed by atoms with Crippen molar-refractivity contribution in [3.05, 3.63) is 75.7 Å². The predicted molar refractivity (Wildman–Crippen MR) is 210 cm³/mol. The predicted octanol–water partition coefficient (Wildman–Crippen LogP) is 7.43. The Morgan fingerprint density at radius 2 is 1.41 bits per heavy atom. The summed E-state index contributed by atoms with van der Waals surface area (Å²) in [6.07, 6.45) is 7.78. The van der Waals surface area contributed by atoms with E-state index in [-0.39, 0.29) is 10.8 Å². The lowest BCUT2D eigenvalue weighted by atomic mass is 9.74. The molecule has 0 aliphatic carbocycles. The van der Waals surface area contributed by atoms with E-state index in [4.69, 9.17) is 23.9 Å². The number of thiazole rings is 1. The normalized spacial score (nSPS) is 19.6. The number of hydrogen-bond donors (Lipinski definition) is 0. The largest absolute Gasteiger partial charge is 0.494 e. The van der Waals surface area contributed by atoms with Crippen LogP contribution in [0.2, 0.25) is 0 Å². The van der Waals surface area contributed by atoms with Crippen LogP contribution in [-0.4, -0.2) is 119 Å². The highest BCUT2D eigenvalue weighted by Crippen LogP contribution is 2.43. The second-order valence-electron chi connectivity index (χ2n) is 15.6. The van der Waals surface area contributed by atoms with E-state index in [0.29, 0.717) is 12.1 Å². The van der Waals surface area contributed by atoms with Gasteiger partial charge in [0.2, 0.25) is 0 Å². The standard InChI is InChI=1S/C23H32N2O2S.C19H32N2O2/c1-17(2)25-12-8-21(9-13-25)27-20-6-4-19(5-7-20)23(10-14-26-15-11-23)22-24-18(3)16-28-22;1-20(2)12-5-13-23-18-8-6-17(7-9-18)19(16-21(3)4)10-14-22-15-11-19/h4-7,16-17,21H,8-15H2,1-3H3;6-9H,5,10-16H2,1-4H3. The van der Waals surface area contributed by atoms with Crippen molar-refractivity contribution in [1.82, 2.24) is 19.7 Å². The van der Waals surface area contributed by atoms with Gasteiger partial charge >= 0.3 is 0 Å². The molecular formula is C42H64N4O4S. The number of nitrogens with zero attached hydrogens (tertiary/aromatic N) is 4. The minimum atomic E-state index is -0.0156. The van der Waals surface area contributed by atoms with E-state index in [1.807, 2.05) is 0 Å². The Morgan fingerprint density at radius 1 is 0.824 bits per heavy atom. The lowest BCUT2D eigenvalue weighted by Crippen LogP contribution is -2.42. The molecule has 0 N–H and O–H groups in total. The number of hydrogen-bond acceptors (Lipinski definition) is 9. The van der Waals surface area contributed by atoms with Gasteiger partial charge in [-0.15, -0.1) is 11.3 Å². The van der Waals surface area contributed by atoms with Crippen LogP contribution in [0.5, 0.6) is 11.5 Å². The van der Waals surface area contributed by atoms with Crippen LogP contribution < -0.4 is 9.47 Å². The van der Waals surface area contributed by atoms with Gasteiger partial charge in [-0.25, -0.2) is 4.98 Å². The first-order chi connectivity index (χ1) is 24.6. The second kappa shape index (κ2) is 19.0. The summed E-state index contributed by atoms with van der Waals surface area (Å²) in [4.78, 5) is 11.9. The van der Waals surface area contributed by atoms with Crippen LogP contribution in [0.25, 0.3) is 0 Å². The summed E-state index contributed by atoms with van der Waals surface area (Å²) in [5.74, 6) is 1.96. The summed E-state index contributed by atoms with van der Waals surface area (Å²) in [6.45, 7) is 15.1. The highest BCUT2D eigenvalue weighted by atomic mass is 32.1. The average molecular weight is 721 g/mol. The molecule has 0 bridgehead atoms. The number of benzene rings is 2. The Labute approximate surface area is 312 Å². The molecule has 0 radical (unpaired) electrons. The molecule has 6 rings (SSSR count). The maximum atomic E-state index is 6.30. The van der Waals surface area contributed by atoms with Gasteiger partial charge in [0.05, 0.1) is 12.0 Å². The van der Waals surface area contributed by atoms with Gasteiger partial charge in [-0.1, -0.05) is 24.3 Å². The molecule has 2 aromatic carbocycles. The van der Waals surface area contributed by atoms with E-state index in [9.17, 15) is 0 Å². The van der Waals surface area contributed by atoms with Crippen molar-refractivity contribution < 1.29 is 18.9 Å². The number of rotatable bonds is 13. The number of likely N-dealkylation sites (N-methyl/N-ethyl adjacent to an activating group) is 1. The molecule has 0 atom stereocenters. The molecule has 0 spiro atoms. The highest BCUT2D eigenvalue weighted by Gasteiger charge is 2.39. The molecule has 3 saturated heterocycles. The van der Waals surface area contributed by atoms with E-state index < -0.39 is 0 Å². The van der Waals surface area contributed by atoms with E-state index in [1.54, 1.807) is 11.3 Å². The Kier molecular flexibility index (Phi) is 14.8. The monoisotopic (exact) mass is 720 g/mol. The van der Waals surface area contributed by atoms with Crippen LogP contribution in [0, 0.1) is 6.92 Å². The third kappa shape index (κ3) is 11.0. The fourth-order valence-electron chi connectivity index (χ4n) is 7.86. The zero-order chi connectivity index (χ0) is 36.3. The Balaban J connectivity index is 0.000000202. The molecule has 282 valence electrons. The van der Waals surface area contributed by atoms with E-state index in [1.165, 1.54) is 16.1 Å². The maximum Gasteiger partial charge on any atom is 0.119 e. The minimum absolute atomic E-state index is 0.0156. The van der Waals surface area contributed by atoms with Gasteiger partial charge in [0.25, 0.3) is 0 Å². The third-order valence-corrected chi connectivity index (χ3v) is 12.0. The molecule has 0 amide bonds. The molecule has 3 aliphatic heterocycles. The van der Waals surface area contributed by atoms with Gasteiger partial charge in [-0.05, 0) is 129 Å². The van der Waals surface area contributed by atoms with Crippen molar-refractivity contribution in [1.29, 1.82) is 0 Å². The molecule has 0 saturated carbocycles. The zero-order valence-electron chi connectivity index (χ0n) is 32.5. The first-order valence-electron chi connectivity index (χ1n) is 19.2. The molecular weight excluding hydrogens is 657 g/mol. The topological polar surface area (TPSA) is 59.5 Å². The van der Waals surface area contributed by atoms with Crippen LogP contribution in [0.1, 0.15) is 80.6 Å². The number of aromatic nitrogens is 1. The van der Waals surface area contributed by atoms with Crippen LogP contribution in [0.3, 0.4) is 0 Å². The lowest BCUT2D eigenvalue weighted by Gasteiger charge is -2.39. The molecule has 4 heterocycles. The van der Waals surface area contributed by atoms with Crippen LogP contribution >= 0.6 is 11.3 Å². The molecule has 3 aromatic rings. The summed E-state index contributed by atoms with van der Waals surface area (Å²) in [5.41, 5.74) is 4.06. The average Bonchev–Trinajstić information content (AvgIpc) is 3.58. The van der Waals surface area contributed by atoms with Crippen molar-refractivity contribution in [2.75, 3.05) is 87.4 Å². The Morgan fingerprint density at radius 3 is 1.96 bits per heavy atom. The van der Waals surface area contributed by atoms with Crippen LogP contribution in [0.4, 0.5) is 0 Å². The first kappa shape index (κ1) is 39.7. The van der Waals surface area contributed by atoms with Crippen LogP contribution in [0.15, 0.2) is 53.9 Å². The molecule has 1 aromatic heterocycles. The quantitative estimate of drug-likeness (QED) is 0.169. The smallest absolute Gasteiger partial charge is 0.119 e. The van der Waals surface area contributed by atoms with E-state index in [2.05, 4.69) is 118 Å². The Hall–Kier alpha value is -2.53. The van der Waals surface area contributed by atoms with Gasteiger partial charge in [-0.3, -0.25) is 0 Å². The maximum absolute atomic E-state index is 6.30. The summed E-state index contributed by atoms with van der Waals surface area (Å²) in [5, 5.41) is 3.39. The van der Waals surface area contributed by atoms with E-state index in [0.717, 1.165) is 121 Å². The van der Waals surface area contributed by atoms with Gasteiger partial charge in [-0.2, -0.15) is 0 Å². The number of aryl methyl sites for hydroxylation is 1. The number of ether oxygens (including phenoxy) is 4. The minimum Gasteiger partial charge on any atom is -0.494 e. The number of likely N-dealkylation sites (tertiary alicyclic amines) is 1. The highest BCUT2D eigenvalue weighted by molar-refractivity contribution is 7.09. The fraction of sp³-hybridized carbons (Fsp3) is 0.643. The van der Waals surface area contributed by atoms with Gasteiger partial charge < -0.3 is 33.6 Å². The molecule has 3 aliphatic rings. The molecule has 3 fully saturated rings. The first-order valence-corrected chi connectivity index (χ1v) is 20.1. The van der Waals surface area contributed by atoms with E-state index >= 15 is 0 Å². The lowest BCUT2D eigenvalue weighted by molar-refractivity contribution is 0.0401. The van der Waals surface area contributed by atoms with Gasteiger partial charge in [0, 0.05) is 75.1 Å². The van der Waals surface area contributed by atoms with Gasteiger partial charge in [0.15, 0.2) is 0 Å². The SMILES string of the molecule is CN(C)CCCOc1ccc(C2(CN(C)C)CCOCC2)cc1.Cc1csc(C2(c3ccc(OC4CCN(C(C)C)CC4)cc3)CCOCC2)n1. The molecule has 0 unspecified atom stereocenters. The summed E-state index contributed by atoms with van der Waals surface area (Å²) >= 11 is 1.78. The number of piperidine rings is 1. The fourth-order valence-corrected chi connectivity index (χ4v) is 8.93. The second-order valence-corrected chi connectivity index (χ2v) is 16.5. The molecule has 9 heteroatoms. The Bertz CT molecular complexity index is 1420. The van der Waals surface area contributed by atoms with Crippen molar-refractivity contribution in [2.24, 2.45) is 0 Å². The van der Waals surface area contributed by atoms with Crippen LogP contribution in [-0.2, 0) is 20.3 Å². The third-order valence-electron chi connectivity index (χ3n) is 10.8. The summed E-state index contributed by atoms with van der Waals surface area (Å²) in [6, 6.07) is 18.2. The van der Waals surface area contributed by atoms with Crippen molar-refractivity contribution >= 4 is 11.3 Å².